The largest absolute Gasteiger partial charge is 0.347 e. The quantitative estimate of drug-likeness (QED) is 0.746. The first kappa shape index (κ1) is 13.3. The molecule has 1 saturated carbocycles. The van der Waals surface area contributed by atoms with Gasteiger partial charge in [-0.3, -0.25) is 9.59 Å². The van der Waals surface area contributed by atoms with Crippen molar-refractivity contribution in [2.75, 3.05) is 26.2 Å². The zero-order valence-corrected chi connectivity index (χ0v) is 11.1. The molecule has 0 unspecified atom stereocenters. The summed E-state index contributed by atoms with van der Waals surface area (Å²) in [5.74, 6) is 0.546. The Morgan fingerprint density at radius 2 is 1.94 bits per heavy atom. The molecular weight excluding hydrogens is 230 g/mol. The fourth-order valence-electron chi connectivity index (χ4n) is 3.14. The Kier molecular flexibility index (Phi) is 3.90. The number of carbonyl (C=O) groups is 2. The van der Waals surface area contributed by atoms with E-state index in [1.165, 1.54) is 0 Å². The van der Waals surface area contributed by atoms with Crippen LogP contribution in [-0.2, 0) is 9.59 Å². The van der Waals surface area contributed by atoms with Gasteiger partial charge in [0, 0.05) is 19.6 Å². The summed E-state index contributed by atoms with van der Waals surface area (Å²) in [6.07, 6.45) is 3.83. The number of carbonyl (C=O) groups excluding carboxylic acids is 2. The van der Waals surface area contributed by atoms with Crippen LogP contribution in [0.2, 0.25) is 0 Å². The van der Waals surface area contributed by atoms with Gasteiger partial charge in [0.25, 0.3) is 0 Å². The van der Waals surface area contributed by atoms with Crippen LogP contribution in [-0.4, -0.2) is 42.9 Å². The van der Waals surface area contributed by atoms with E-state index in [-0.39, 0.29) is 18.4 Å². The predicted molar refractivity (Wildman–Crippen MR) is 68.7 cm³/mol. The number of likely N-dealkylation sites (tertiary alicyclic amines) is 1. The molecule has 5 heteroatoms. The third-order valence-electron chi connectivity index (χ3n) is 4.21. The normalized spacial score (nSPS) is 31.0. The van der Waals surface area contributed by atoms with Gasteiger partial charge in [0.1, 0.15) is 0 Å². The van der Waals surface area contributed by atoms with Crippen molar-refractivity contribution in [3.63, 3.8) is 0 Å². The second-order valence-electron chi connectivity index (χ2n) is 5.77. The summed E-state index contributed by atoms with van der Waals surface area (Å²) in [5, 5.41) is 2.76. The van der Waals surface area contributed by atoms with Crippen LogP contribution in [0.15, 0.2) is 0 Å². The molecule has 0 bridgehead atoms. The van der Waals surface area contributed by atoms with Gasteiger partial charge in [0.2, 0.25) is 11.8 Å². The lowest BCUT2D eigenvalue weighted by Crippen LogP contribution is -2.54. The van der Waals surface area contributed by atoms with Crippen molar-refractivity contribution in [1.82, 2.24) is 10.2 Å². The molecule has 18 heavy (non-hydrogen) atoms. The van der Waals surface area contributed by atoms with Crippen LogP contribution < -0.4 is 11.1 Å². The third kappa shape index (κ3) is 2.51. The van der Waals surface area contributed by atoms with Gasteiger partial charge in [-0.25, -0.2) is 0 Å². The molecule has 1 heterocycles. The highest BCUT2D eigenvalue weighted by atomic mass is 16.2. The molecule has 5 nitrogen and oxygen atoms in total. The minimum absolute atomic E-state index is 0.0281. The lowest BCUT2D eigenvalue weighted by molar-refractivity contribution is -0.141. The van der Waals surface area contributed by atoms with Gasteiger partial charge in [0.05, 0.1) is 12.0 Å². The molecule has 2 aliphatic rings. The van der Waals surface area contributed by atoms with Crippen molar-refractivity contribution in [1.29, 1.82) is 0 Å². The van der Waals surface area contributed by atoms with Crippen LogP contribution in [0.5, 0.6) is 0 Å². The second kappa shape index (κ2) is 5.26. The third-order valence-corrected chi connectivity index (χ3v) is 4.21. The first-order valence-electron chi connectivity index (χ1n) is 6.83. The van der Waals surface area contributed by atoms with E-state index in [9.17, 15) is 9.59 Å². The number of nitrogens with one attached hydrogen (secondary N) is 1. The Bertz CT molecular complexity index is 331. The molecule has 1 aliphatic carbocycles. The number of hydrogen-bond acceptors (Lipinski definition) is 3. The standard InChI is InChI=1S/C13H23N3O2/c1-10-6-13(7-10,9-14)12(18)15-8-11(17)16-4-2-3-5-16/h10H,2-9,14H2,1H3,(H,15,18). The van der Waals surface area contributed by atoms with Gasteiger partial charge >= 0.3 is 0 Å². The van der Waals surface area contributed by atoms with Crippen molar-refractivity contribution < 1.29 is 9.59 Å². The Labute approximate surface area is 108 Å². The molecule has 0 atom stereocenters. The number of amides is 2. The number of nitrogens with zero attached hydrogens (tertiary/aromatic N) is 1. The molecule has 0 aromatic carbocycles. The average Bonchev–Trinajstić information content (AvgIpc) is 2.85. The van der Waals surface area contributed by atoms with Crippen LogP contribution >= 0.6 is 0 Å². The average molecular weight is 253 g/mol. The molecular formula is C13H23N3O2. The van der Waals surface area contributed by atoms with Crippen LogP contribution in [0.1, 0.15) is 32.6 Å². The van der Waals surface area contributed by atoms with E-state index in [0.29, 0.717) is 12.5 Å². The highest BCUT2D eigenvalue weighted by Crippen LogP contribution is 2.44. The minimum Gasteiger partial charge on any atom is -0.347 e. The Morgan fingerprint density at radius 3 is 2.44 bits per heavy atom. The Morgan fingerprint density at radius 1 is 1.33 bits per heavy atom. The van der Waals surface area contributed by atoms with Gasteiger partial charge in [-0.1, -0.05) is 6.92 Å². The lowest BCUT2D eigenvalue weighted by atomic mass is 9.62. The highest BCUT2D eigenvalue weighted by Gasteiger charge is 2.47. The summed E-state index contributed by atoms with van der Waals surface area (Å²) in [4.78, 5) is 25.7. The van der Waals surface area contributed by atoms with Gasteiger partial charge in [-0.05, 0) is 31.6 Å². The van der Waals surface area contributed by atoms with Crippen LogP contribution in [0.4, 0.5) is 0 Å². The first-order chi connectivity index (χ1) is 8.57. The summed E-state index contributed by atoms with van der Waals surface area (Å²) >= 11 is 0. The molecule has 0 spiro atoms. The molecule has 2 amide bonds. The van der Waals surface area contributed by atoms with E-state index in [1.807, 2.05) is 4.90 Å². The summed E-state index contributed by atoms with van der Waals surface area (Å²) in [7, 11) is 0. The maximum Gasteiger partial charge on any atom is 0.241 e. The van der Waals surface area contributed by atoms with E-state index < -0.39 is 5.41 Å². The van der Waals surface area contributed by atoms with Gasteiger partial charge in [-0.2, -0.15) is 0 Å². The van der Waals surface area contributed by atoms with Crippen LogP contribution in [0, 0.1) is 11.3 Å². The second-order valence-corrected chi connectivity index (χ2v) is 5.77. The maximum absolute atomic E-state index is 12.1. The number of nitrogens with two attached hydrogens (primary N) is 1. The van der Waals surface area contributed by atoms with Crippen LogP contribution in [0.25, 0.3) is 0 Å². The fraction of sp³-hybridized carbons (Fsp3) is 0.846. The number of hydrogen-bond donors (Lipinski definition) is 2. The zero-order valence-electron chi connectivity index (χ0n) is 11.1. The molecule has 0 radical (unpaired) electrons. The molecule has 1 saturated heterocycles. The van der Waals surface area contributed by atoms with E-state index >= 15 is 0 Å². The molecule has 102 valence electrons. The summed E-state index contributed by atoms with van der Waals surface area (Å²) < 4.78 is 0. The van der Waals surface area contributed by atoms with Crippen molar-refractivity contribution >= 4 is 11.8 Å². The fourth-order valence-corrected chi connectivity index (χ4v) is 3.14. The van der Waals surface area contributed by atoms with Gasteiger partial charge in [-0.15, -0.1) is 0 Å². The lowest BCUT2D eigenvalue weighted by Gasteiger charge is -2.44. The van der Waals surface area contributed by atoms with Gasteiger partial charge in [0.15, 0.2) is 0 Å². The predicted octanol–water partition coefficient (Wildman–Crippen LogP) is 0.100. The topological polar surface area (TPSA) is 75.4 Å². The van der Waals surface area contributed by atoms with Crippen molar-refractivity contribution in [3.8, 4) is 0 Å². The monoisotopic (exact) mass is 253 g/mol. The van der Waals surface area contributed by atoms with Crippen molar-refractivity contribution in [3.05, 3.63) is 0 Å². The molecule has 2 fully saturated rings. The van der Waals surface area contributed by atoms with Crippen LogP contribution in [0.3, 0.4) is 0 Å². The minimum atomic E-state index is -0.412. The Balaban J connectivity index is 1.79. The highest BCUT2D eigenvalue weighted by molar-refractivity contribution is 5.88. The number of rotatable bonds is 4. The summed E-state index contributed by atoms with van der Waals surface area (Å²) in [6.45, 7) is 4.27. The Hall–Kier alpha value is -1.10. The van der Waals surface area contributed by atoms with E-state index in [1.54, 1.807) is 0 Å². The van der Waals surface area contributed by atoms with Crippen molar-refractivity contribution in [2.24, 2.45) is 17.1 Å². The molecule has 1 aliphatic heterocycles. The summed E-state index contributed by atoms with van der Waals surface area (Å²) in [5.41, 5.74) is 5.29. The molecule has 0 aromatic rings. The van der Waals surface area contributed by atoms with E-state index in [0.717, 1.165) is 38.8 Å². The smallest absolute Gasteiger partial charge is 0.241 e. The SMILES string of the molecule is CC1CC(CN)(C(=O)NCC(=O)N2CCCC2)C1. The summed E-state index contributed by atoms with van der Waals surface area (Å²) in [6, 6.07) is 0. The van der Waals surface area contributed by atoms with Crippen molar-refractivity contribution in [2.45, 2.75) is 32.6 Å². The van der Waals surface area contributed by atoms with Gasteiger partial charge < -0.3 is 16.0 Å². The first-order valence-corrected chi connectivity index (χ1v) is 6.83. The van der Waals surface area contributed by atoms with E-state index in [4.69, 9.17) is 5.73 Å². The zero-order chi connectivity index (χ0) is 13.2. The molecule has 2 rings (SSSR count). The maximum atomic E-state index is 12.1. The van der Waals surface area contributed by atoms with E-state index in [2.05, 4.69) is 12.2 Å². The molecule has 3 N–H and O–H groups in total. The molecule has 0 aromatic heterocycles.